The smallest absolute Gasteiger partial charge is 0.262 e. The maximum Gasteiger partial charge on any atom is 0.262 e. The zero-order chi connectivity index (χ0) is 38.4. The van der Waals surface area contributed by atoms with Gasteiger partial charge in [0.25, 0.3) is 17.7 Å². The van der Waals surface area contributed by atoms with Crippen LogP contribution in [0, 0.1) is 17.2 Å². The lowest BCUT2D eigenvalue weighted by atomic mass is 9.89. The van der Waals surface area contributed by atoms with E-state index in [1.807, 2.05) is 56.6 Å². The summed E-state index contributed by atoms with van der Waals surface area (Å²) in [5.74, 6) is -1.22. The molecule has 0 spiro atoms. The molecule has 5 amide bonds. The lowest BCUT2D eigenvalue weighted by molar-refractivity contribution is -0.136. The van der Waals surface area contributed by atoms with Crippen LogP contribution >= 0.6 is 0 Å². The molecule has 3 aromatic carbocycles. The van der Waals surface area contributed by atoms with E-state index in [2.05, 4.69) is 31.6 Å². The van der Waals surface area contributed by atoms with Crippen molar-refractivity contribution in [3.05, 3.63) is 89.2 Å². The molecule has 1 aromatic heterocycles. The predicted molar refractivity (Wildman–Crippen MR) is 205 cm³/mol. The number of carbonyl (C=O) groups excluding carboxylic acids is 5. The number of hydrogen-bond donors (Lipinski definition) is 2. The number of imide groups is 2. The standard InChI is InChI=1S/C42H44N8O5/c1-42(2,41(55)45-35-10-7-28(22-43)31-5-3-4-6-32(31)35)49-25-29(23-44-49)27-15-17-47(18-16-27)24-26-13-19-48(20-14-26)30-8-9-33-34(21-30)40(54)50(39(33)53)36-11-12-37(51)46-38(36)52/h3-10,21,23,25-27,36H,11-20,24H2,1-2H3,(H,45,55)(H,46,51,52). The molecule has 13 heteroatoms. The lowest BCUT2D eigenvalue weighted by Crippen LogP contribution is -2.54. The molecular formula is C42H44N8O5. The fraction of sp³-hybridized carbons (Fsp3) is 0.405. The predicted octanol–water partition coefficient (Wildman–Crippen LogP) is 4.78. The van der Waals surface area contributed by atoms with Crippen molar-refractivity contribution in [1.29, 1.82) is 5.26 Å². The molecule has 2 N–H and O–H groups in total. The molecule has 3 fully saturated rings. The second-order valence-corrected chi connectivity index (χ2v) is 15.7. The first kappa shape index (κ1) is 36.1. The number of nitriles is 1. The molecule has 55 heavy (non-hydrogen) atoms. The van der Waals surface area contributed by atoms with Crippen LogP contribution in [0.2, 0.25) is 0 Å². The van der Waals surface area contributed by atoms with E-state index < -0.39 is 35.2 Å². The molecule has 0 saturated carbocycles. The van der Waals surface area contributed by atoms with Crippen LogP contribution in [0.3, 0.4) is 0 Å². The van der Waals surface area contributed by atoms with Crippen LogP contribution in [-0.4, -0.2) is 87.9 Å². The second kappa shape index (κ2) is 14.4. The van der Waals surface area contributed by atoms with Crippen molar-refractivity contribution in [3.8, 4) is 6.07 Å². The number of carbonyl (C=O) groups is 5. The van der Waals surface area contributed by atoms with Crippen LogP contribution in [0.25, 0.3) is 10.8 Å². The Morgan fingerprint density at radius 2 is 1.64 bits per heavy atom. The van der Waals surface area contributed by atoms with Crippen molar-refractivity contribution in [2.45, 2.75) is 69.9 Å². The highest BCUT2D eigenvalue weighted by Gasteiger charge is 2.45. The molecule has 0 aliphatic carbocycles. The SMILES string of the molecule is CC(C)(C(=O)Nc1ccc(C#N)c2ccccc12)n1cc(C2CCN(CC3CCN(c4ccc5c(c4)C(=O)N(C4CCC(=O)NC4=O)C5=O)CC3)CC2)cn1. The van der Waals surface area contributed by atoms with Crippen molar-refractivity contribution in [2.75, 3.05) is 42.9 Å². The van der Waals surface area contributed by atoms with E-state index in [0.717, 1.165) is 85.3 Å². The third kappa shape index (κ3) is 6.76. The molecule has 13 nitrogen and oxygen atoms in total. The third-order valence-corrected chi connectivity index (χ3v) is 12.0. The number of nitrogens with zero attached hydrogens (tertiary/aromatic N) is 6. The largest absolute Gasteiger partial charge is 0.371 e. The second-order valence-electron chi connectivity index (χ2n) is 15.7. The Morgan fingerprint density at radius 3 is 2.36 bits per heavy atom. The fourth-order valence-electron chi connectivity index (χ4n) is 8.58. The minimum atomic E-state index is -0.971. The molecule has 3 saturated heterocycles. The molecule has 0 radical (unpaired) electrons. The Kier molecular flexibility index (Phi) is 9.47. The van der Waals surface area contributed by atoms with E-state index in [-0.39, 0.29) is 18.7 Å². The topological polar surface area (TPSA) is 161 Å². The minimum absolute atomic E-state index is 0.0926. The van der Waals surface area contributed by atoms with Crippen molar-refractivity contribution in [1.82, 2.24) is 24.9 Å². The number of aromatic nitrogens is 2. The summed E-state index contributed by atoms with van der Waals surface area (Å²) < 4.78 is 1.76. The Balaban J connectivity index is 0.824. The van der Waals surface area contributed by atoms with E-state index in [0.29, 0.717) is 34.2 Å². The van der Waals surface area contributed by atoms with E-state index in [4.69, 9.17) is 0 Å². The van der Waals surface area contributed by atoms with Gasteiger partial charge in [0.2, 0.25) is 11.8 Å². The Morgan fingerprint density at radius 1 is 0.909 bits per heavy atom. The Bertz CT molecular complexity index is 2260. The third-order valence-electron chi connectivity index (χ3n) is 12.0. The molecular weight excluding hydrogens is 697 g/mol. The highest BCUT2D eigenvalue weighted by atomic mass is 16.2. The van der Waals surface area contributed by atoms with Gasteiger partial charge in [-0.05, 0) is 107 Å². The summed E-state index contributed by atoms with van der Waals surface area (Å²) in [5.41, 5.74) is 2.94. The zero-order valence-electron chi connectivity index (χ0n) is 31.1. The van der Waals surface area contributed by atoms with E-state index in [9.17, 15) is 29.2 Å². The number of fused-ring (bicyclic) bond motifs is 2. The van der Waals surface area contributed by atoms with Gasteiger partial charge in [-0.15, -0.1) is 0 Å². The summed E-state index contributed by atoms with van der Waals surface area (Å²) in [6, 6.07) is 17.7. The van der Waals surface area contributed by atoms with Crippen molar-refractivity contribution < 1.29 is 24.0 Å². The molecule has 5 heterocycles. The van der Waals surface area contributed by atoms with Gasteiger partial charge in [0.05, 0.1) is 29.0 Å². The number of hydrogen-bond acceptors (Lipinski definition) is 9. The van der Waals surface area contributed by atoms with Gasteiger partial charge in [-0.25, -0.2) is 0 Å². The van der Waals surface area contributed by atoms with Crippen molar-refractivity contribution in [3.63, 3.8) is 0 Å². The van der Waals surface area contributed by atoms with Crippen LogP contribution in [0.1, 0.15) is 90.1 Å². The number of rotatable bonds is 8. The van der Waals surface area contributed by atoms with Gasteiger partial charge in [-0.1, -0.05) is 24.3 Å². The highest BCUT2D eigenvalue weighted by molar-refractivity contribution is 6.23. The fourth-order valence-corrected chi connectivity index (χ4v) is 8.58. The highest BCUT2D eigenvalue weighted by Crippen LogP contribution is 2.34. The molecule has 1 atom stereocenters. The van der Waals surface area contributed by atoms with Crippen LogP contribution < -0.4 is 15.5 Å². The molecule has 282 valence electrons. The maximum atomic E-state index is 13.6. The summed E-state index contributed by atoms with van der Waals surface area (Å²) in [7, 11) is 0. The van der Waals surface area contributed by atoms with Gasteiger partial charge in [0.15, 0.2) is 0 Å². The minimum Gasteiger partial charge on any atom is -0.371 e. The van der Waals surface area contributed by atoms with E-state index in [1.165, 1.54) is 0 Å². The van der Waals surface area contributed by atoms with Crippen LogP contribution in [0.5, 0.6) is 0 Å². The zero-order valence-corrected chi connectivity index (χ0v) is 31.1. The van der Waals surface area contributed by atoms with E-state index >= 15 is 0 Å². The van der Waals surface area contributed by atoms with Gasteiger partial charge in [-0.3, -0.25) is 38.9 Å². The molecule has 4 aromatic rings. The lowest BCUT2D eigenvalue weighted by Gasteiger charge is -2.38. The maximum absolute atomic E-state index is 13.6. The Hall–Kier alpha value is -5.87. The molecule has 4 aliphatic heterocycles. The number of piperidine rings is 3. The quantitative estimate of drug-likeness (QED) is 0.243. The van der Waals surface area contributed by atoms with Gasteiger partial charge in [0, 0.05) is 54.4 Å². The normalized spacial score (nSPS) is 20.1. The number of likely N-dealkylation sites (tertiary alicyclic amines) is 1. The molecule has 4 aliphatic rings. The average molecular weight is 741 g/mol. The van der Waals surface area contributed by atoms with Gasteiger partial charge in [0.1, 0.15) is 11.6 Å². The van der Waals surface area contributed by atoms with Crippen LogP contribution in [0.15, 0.2) is 67.0 Å². The van der Waals surface area contributed by atoms with Crippen LogP contribution in [-0.2, 0) is 19.9 Å². The number of benzene rings is 3. The summed E-state index contributed by atoms with van der Waals surface area (Å²) >= 11 is 0. The first-order valence-electron chi connectivity index (χ1n) is 19.1. The molecule has 1 unspecified atom stereocenters. The first-order chi connectivity index (χ1) is 26.5. The monoisotopic (exact) mass is 740 g/mol. The first-order valence-corrected chi connectivity index (χ1v) is 19.1. The summed E-state index contributed by atoms with van der Waals surface area (Å²) in [4.78, 5) is 69.9. The van der Waals surface area contributed by atoms with Crippen molar-refractivity contribution >= 4 is 51.7 Å². The Labute approximate surface area is 319 Å². The number of nitrogens with one attached hydrogen (secondary N) is 2. The summed E-state index contributed by atoms with van der Waals surface area (Å²) in [5, 5.41) is 21.1. The molecule has 0 bridgehead atoms. The summed E-state index contributed by atoms with van der Waals surface area (Å²) in [6.07, 6.45) is 8.23. The van der Waals surface area contributed by atoms with Gasteiger partial charge >= 0.3 is 0 Å². The average Bonchev–Trinajstić information content (AvgIpc) is 3.79. The summed E-state index contributed by atoms with van der Waals surface area (Å²) in [6.45, 7) is 8.45. The number of anilines is 2. The van der Waals surface area contributed by atoms with Gasteiger partial charge < -0.3 is 15.1 Å². The van der Waals surface area contributed by atoms with Gasteiger partial charge in [-0.2, -0.15) is 10.4 Å². The number of amides is 5. The van der Waals surface area contributed by atoms with Crippen LogP contribution in [0.4, 0.5) is 11.4 Å². The van der Waals surface area contributed by atoms with E-state index in [1.54, 1.807) is 28.9 Å². The molecule has 8 rings (SSSR count). The van der Waals surface area contributed by atoms with Crippen molar-refractivity contribution in [2.24, 2.45) is 5.92 Å².